The summed E-state index contributed by atoms with van der Waals surface area (Å²) < 4.78 is 5.74. The average Bonchev–Trinajstić information content (AvgIpc) is 2.68. The topological polar surface area (TPSA) is 79.5 Å². The molecule has 0 fully saturated rings. The van der Waals surface area contributed by atoms with Gasteiger partial charge in [-0.25, -0.2) is 0 Å². The van der Waals surface area contributed by atoms with E-state index < -0.39 is 0 Å². The lowest BCUT2D eigenvalue weighted by molar-refractivity contribution is -0.117. The summed E-state index contributed by atoms with van der Waals surface area (Å²) in [5.41, 5.74) is 2.24. The van der Waals surface area contributed by atoms with Crippen LogP contribution in [-0.4, -0.2) is 24.5 Å². The van der Waals surface area contributed by atoms with Crippen molar-refractivity contribution in [3.05, 3.63) is 48.5 Å². The Morgan fingerprint density at radius 3 is 1.86 bits per heavy atom. The van der Waals surface area contributed by atoms with Gasteiger partial charge in [0.05, 0.1) is 12.6 Å². The molecule has 6 nitrogen and oxygen atoms in total. The summed E-state index contributed by atoms with van der Waals surface area (Å²) in [7, 11) is 0. The van der Waals surface area contributed by atoms with E-state index in [9.17, 15) is 9.59 Å². The van der Waals surface area contributed by atoms with Crippen molar-refractivity contribution >= 4 is 28.9 Å². The number of rotatable bonds is 10. The van der Waals surface area contributed by atoms with Crippen LogP contribution in [0.25, 0.3) is 0 Å². The highest BCUT2D eigenvalue weighted by atomic mass is 16.5. The van der Waals surface area contributed by atoms with Crippen LogP contribution in [0.2, 0.25) is 0 Å². The number of amides is 2. The number of benzene rings is 2. The molecule has 6 heteroatoms. The molecule has 0 spiro atoms. The first kappa shape index (κ1) is 22.3. The average molecular weight is 398 g/mol. The molecular weight excluding hydrogens is 366 g/mol. The van der Waals surface area contributed by atoms with Crippen LogP contribution < -0.4 is 20.7 Å². The van der Waals surface area contributed by atoms with Crippen LogP contribution in [0.3, 0.4) is 0 Å². The molecule has 0 heterocycles. The van der Waals surface area contributed by atoms with Crippen LogP contribution >= 0.6 is 0 Å². The summed E-state index contributed by atoms with van der Waals surface area (Å²) >= 11 is 0. The van der Waals surface area contributed by atoms with Gasteiger partial charge in [0.15, 0.2) is 0 Å². The third-order valence-corrected chi connectivity index (χ3v) is 4.27. The summed E-state index contributed by atoms with van der Waals surface area (Å²) in [4.78, 5) is 24.0. The number of nitrogens with one attached hydrogen (secondary N) is 3. The van der Waals surface area contributed by atoms with Crippen LogP contribution in [0.15, 0.2) is 48.5 Å². The monoisotopic (exact) mass is 397 g/mol. The van der Waals surface area contributed by atoms with Crippen molar-refractivity contribution < 1.29 is 14.3 Å². The highest BCUT2D eigenvalue weighted by molar-refractivity contribution is 5.94. The van der Waals surface area contributed by atoms with Gasteiger partial charge in [-0.15, -0.1) is 0 Å². The van der Waals surface area contributed by atoms with Crippen LogP contribution in [0.1, 0.15) is 40.5 Å². The highest BCUT2D eigenvalue weighted by Crippen LogP contribution is 2.18. The Labute approximate surface area is 173 Å². The smallest absolute Gasteiger partial charge is 0.243 e. The van der Waals surface area contributed by atoms with Gasteiger partial charge in [0, 0.05) is 23.5 Å². The minimum atomic E-state index is -0.151. The predicted octanol–water partition coefficient (Wildman–Crippen LogP) is 4.90. The fraction of sp³-hybridized carbons (Fsp3) is 0.391. The minimum absolute atomic E-state index is 0.0124. The van der Waals surface area contributed by atoms with E-state index in [-0.39, 0.29) is 24.5 Å². The molecule has 0 radical (unpaired) electrons. The molecule has 29 heavy (non-hydrogen) atoms. The maximum absolute atomic E-state index is 12.2. The maximum Gasteiger partial charge on any atom is 0.243 e. The van der Waals surface area contributed by atoms with E-state index in [1.165, 1.54) is 0 Å². The van der Waals surface area contributed by atoms with Crippen molar-refractivity contribution in [1.29, 1.82) is 0 Å². The molecule has 0 saturated heterocycles. The van der Waals surface area contributed by atoms with Gasteiger partial charge >= 0.3 is 0 Å². The number of carbonyl (C=O) groups excluding carboxylic acids is 2. The fourth-order valence-electron chi connectivity index (χ4n) is 2.57. The second-order valence-electron chi connectivity index (χ2n) is 7.49. The lowest BCUT2D eigenvalue weighted by atomic mass is 10.1. The summed E-state index contributed by atoms with van der Waals surface area (Å²) in [5.74, 6) is 0.961. The van der Waals surface area contributed by atoms with Crippen molar-refractivity contribution in [2.45, 2.75) is 46.6 Å². The number of hydrogen-bond acceptors (Lipinski definition) is 4. The van der Waals surface area contributed by atoms with Gasteiger partial charge in [-0.2, -0.15) is 0 Å². The van der Waals surface area contributed by atoms with E-state index in [0.29, 0.717) is 23.7 Å². The van der Waals surface area contributed by atoms with Crippen molar-refractivity contribution in [3.8, 4) is 5.75 Å². The molecule has 2 amide bonds. The van der Waals surface area contributed by atoms with Crippen molar-refractivity contribution in [2.75, 3.05) is 22.5 Å². The van der Waals surface area contributed by atoms with Crippen LogP contribution in [0.4, 0.5) is 17.1 Å². The van der Waals surface area contributed by atoms with Crippen molar-refractivity contribution in [3.63, 3.8) is 0 Å². The molecule has 0 aliphatic rings. The zero-order valence-electron chi connectivity index (χ0n) is 17.6. The van der Waals surface area contributed by atoms with Crippen LogP contribution in [0, 0.1) is 5.92 Å². The van der Waals surface area contributed by atoms with Crippen LogP contribution in [-0.2, 0) is 9.59 Å². The van der Waals surface area contributed by atoms with Crippen molar-refractivity contribution in [2.24, 2.45) is 5.92 Å². The van der Waals surface area contributed by atoms with E-state index in [4.69, 9.17) is 4.74 Å². The molecule has 1 atom stereocenters. The predicted molar refractivity (Wildman–Crippen MR) is 118 cm³/mol. The maximum atomic E-state index is 12.2. The van der Waals surface area contributed by atoms with Gasteiger partial charge in [-0.05, 0) is 67.8 Å². The number of carbonyl (C=O) groups is 2. The molecule has 0 bridgehead atoms. The first-order valence-electron chi connectivity index (χ1n) is 10.1. The Balaban J connectivity index is 1.78. The molecule has 0 aliphatic heterocycles. The largest absolute Gasteiger partial charge is 0.491 e. The SMILES string of the molecule is CCC(C)Oc1ccc(NCC(=O)Nc2ccc(NC(=O)CC(C)C)cc2)cc1. The minimum Gasteiger partial charge on any atom is -0.491 e. The third-order valence-electron chi connectivity index (χ3n) is 4.27. The molecule has 0 aromatic heterocycles. The summed E-state index contributed by atoms with van der Waals surface area (Å²) in [6.45, 7) is 8.26. The quantitative estimate of drug-likeness (QED) is 0.533. The first-order valence-corrected chi connectivity index (χ1v) is 10.1. The van der Waals surface area contributed by atoms with Crippen molar-refractivity contribution in [1.82, 2.24) is 0 Å². The molecule has 2 rings (SSSR count). The van der Waals surface area contributed by atoms with Gasteiger partial charge in [0.1, 0.15) is 5.75 Å². The van der Waals surface area contributed by atoms with Gasteiger partial charge in [0.2, 0.25) is 11.8 Å². The second-order valence-corrected chi connectivity index (χ2v) is 7.49. The zero-order chi connectivity index (χ0) is 21.2. The molecule has 2 aromatic rings. The Bertz CT molecular complexity index is 786. The molecule has 2 aromatic carbocycles. The van der Waals surface area contributed by atoms with E-state index in [1.807, 2.05) is 45.0 Å². The number of anilines is 3. The molecule has 0 aliphatic carbocycles. The van der Waals surface area contributed by atoms with Gasteiger partial charge in [-0.3, -0.25) is 9.59 Å². The zero-order valence-corrected chi connectivity index (χ0v) is 17.6. The summed E-state index contributed by atoms with van der Waals surface area (Å²) in [5, 5.41) is 8.77. The molecule has 1 unspecified atom stereocenters. The van der Waals surface area contributed by atoms with E-state index in [1.54, 1.807) is 24.3 Å². The lowest BCUT2D eigenvalue weighted by Crippen LogP contribution is -2.21. The van der Waals surface area contributed by atoms with E-state index in [2.05, 4.69) is 22.9 Å². The Hall–Kier alpha value is -3.02. The second kappa shape index (κ2) is 11.1. The number of hydrogen-bond donors (Lipinski definition) is 3. The Kier molecular flexibility index (Phi) is 8.52. The van der Waals surface area contributed by atoms with Gasteiger partial charge in [0.25, 0.3) is 0 Å². The first-order chi connectivity index (χ1) is 13.9. The molecule has 3 N–H and O–H groups in total. The standard InChI is InChI=1S/C23H31N3O3/c1-5-17(4)29-21-12-10-18(11-13-21)24-15-23(28)26-20-8-6-19(7-9-20)25-22(27)14-16(2)3/h6-13,16-17,24H,5,14-15H2,1-4H3,(H,25,27)(H,26,28). The third kappa shape index (κ3) is 8.25. The Morgan fingerprint density at radius 2 is 1.34 bits per heavy atom. The summed E-state index contributed by atoms with van der Waals surface area (Å²) in [6.07, 6.45) is 1.61. The normalized spacial score (nSPS) is 11.6. The fourth-order valence-corrected chi connectivity index (χ4v) is 2.57. The van der Waals surface area contributed by atoms with Crippen LogP contribution in [0.5, 0.6) is 5.75 Å². The molecule has 0 saturated carbocycles. The summed E-state index contributed by atoms with van der Waals surface area (Å²) in [6, 6.07) is 14.6. The number of ether oxygens (including phenoxy) is 1. The van der Waals surface area contributed by atoms with Gasteiger partial charge in [-0.1, -0.05) is 20.8 Å². The Morgan fingerprint density at radius 1 is 0.828 bits per heavy atom. The van der Waals surface area contributed by atoms with Gasteiger partial charge < -0.3 is 20.7 Å². The molecule has 156 valence electrons. The molecular formula is C23H31N3O3. The van der Waals surface area contributed by atoms with E-state index in [0.717, 1.165) is 17.9 Å². The highest BCUT2D eigenvalue weighted by Gasteiger charge is 2.07. The van der Waals surface area contributed by atoms with E-state index >= 15 is 0 Å². The lowest BCUT2D eigenvalue weighted by Gasteiger charge is -2.13.